The minimum Gasteiger partial charge on any atom is -0.338 e. The monoisotopic (exact) mass is 266 g/mol. The average Bonchev–Trinajstić information content (AvgIpc) is 2.92. The summed E-state index contributed by atoms with van der Waals surface area (Å²) < 4.78 is 0. The van der Waals surface area contributed by atoms with Gasteiger partial charge in [-0.1, -0.05) is 6.92 Å². The maximum atomic E-state index is 12.4. The minimum atomic E-state index is 0.198. The maximum Gasteiger partial charge on any atom is 0.254 e. The molecule has 0 aromatic carbocycles. The molecule has 18 heavy (non-hydrogen) atoms. The van der Waals surface area contributed by atoms with Gasteiger partial charge in [-0.05, 0) is 49.7 Å². The summed E-state index contributed by atoms with van der Waals surface area (Å²) in [6, 6.07) is 1.93. The van der Waals surface area contributed by atoms with Crippen molar-refractivity contribution in [1.29, 1.82) is 0 Å². The van der Waals surface area contributed by atoms with Crippen LogP contribution in [0.5, 0.6) is 0 Å². The van der Waals surface area contributed by atoms with Crippen molar-refractivity contribution < 1.29 is 4.79 Å². The van der Waals surface area contributed by atoms with Crippen LogP contribution in [0.25, 0.3) is 0 Å². The third-order valence-corrected chi connectivity index (χ3v) is 4.11. The molecule has 0 saturated carbocycles. The lowest BCUT2D eigenvalue weighted by atomic mass is 9.99. The quantitative estimate of drug-likeness (QED) is 0.888. The molecule has 1 atom stereocenters. The van der Waals surface area contributed by atoms with Gasteiger partial charge in [-0.15, -0.1) is 0 Å². The Morgan fingerprint density at radius 2 is 2.50 bits per heavy atom. The third-order valence-electron chi connectivity index (χ3n) is 3.43. The van der Waals surface area contributed by atoms with Crippen LogP contribution in [-0.4, -0.2) is 37.0 Å². The Kier molecular flexibility index (Phi) is 5.20. The summed E-state index contributed by atoms with van der Waals surface area (Å²) >= 11 is 1.59. The van der Waals surface area contributed by atoms with Crippen LogP contribution < -0.4 is 5.32 Å². The van der Waals surface area contributed by atoms with Crippen molar-refractivity contribution in [2.24, 2.45) is 5.92 Å². The van der Waals surface area contributed by atoms with Gasteiger partial charge in [-0.2, -0.15) is 11.3 Å². The number of nitrogens with one attached hydrogen (secondary N) is 1. The van der Waals surface area contributed by atoms with Crippen LogP contribution in [0, 0.1) is 5.92 Å². The first-order valence-corrected chi connectivity index (χ1v) is 7.77. The van der Waals surface area contributed by atoms with Gasteiger partial charge in [0.25, 0.3) is 5.91 Å². The lowest BCUT2D eigenvalue weighted by Crippen LogP contribution is -2.41. The minimum absolute atomic E-state index is 0.198. The van der Waals surface area contributed by atoms with E-state index in [9.17, 15) is 4.79 Å². The summed E-state index contributed by atoms with van der Waals surface area (Å²) in [5, 5.41) is 7.34. The molecule has 1 saturated heterocycles. The second-order valence-electron chi connectivity index (χ2n) is 4.98. The molecule has 2 rings (SSSR count). The van der Waals surface area contributed by atoms with Gasteiger partial charge in [0.05, 0.1) is 5.56 Å². The van der Waals surface area contributed by atoms with E-state index < -0.39 is 0 Å². The second kappa shape index (κ2) is 6.90. The number of rotatable bonds is 5. The number of carbonyl (C=O) groups is 1. The van der Waals surface area contributed by atoms with Crippen molar-refractivity contribution in [3.05, 3.63) is 22.4 Å². The molecule has 1 amide bonds. The molecule has 1 unspecified atom stereocenters. The Hall–Kier alpha value is -0.870. The van der Waals surface area contributed by atoms with Gasteiger partial charge in [0.1, 0.15) is 0 Å². The van der Waals surface area contributed by atoms with Crippen LogP contribution in [0.3, 0.4) is 0 Å². The predicted octanol–water partition coefficient (Wildman–Crippen LogP) is 2.60. The number of amides is 1. The van der Waals surface area contributed by atoms with E-state index in [1.807, 2.05) is 21.7 Å². The van der Waals surface area contributed by atoms with E-state index in [0.29, 0.717) is 5.92 Å². The van der Waals surface area contributed by atoms with Crippen LogP contribution in [-0.2, 0) is 0 Å². The van der Waals surface area contributed by atoms with E-state index in [1.54, 1.807) is 11.3 Å². The number of nitrogens with zero attached hydrogens (tertiary/aromatic N) is 1. The van der Waals surface area contributed by atoms with Crippen molar-refractivity contribution in [2.45, 2.75) is 26.2 Å². The Labute approximate surface area is 113 Å². The molecule has 1 aliphatic rings. The fraction of sp³-hybridized carbons (Fsp3) is 0.643. The van der Waals surface area contributed by atoms with Crippen molar-refractivity contribution in [2.75, 3.05) is 26.2 Å². The van der Waals surface area contributed by atoms with Crippen LogP contribution in [0.4, 0.5) is 0 Å². The highest BCUT2D eigenvalue weighted by molar-refractivity contribution is 7.08. The van der Waals surface area contributed by atoms with Crippen molar-refractivity contribution in [1.82, 2.24) is 10.2 Å². The zero-order valence-corrected chi connectivity index (χ0v) is 11.8. The van der Waals surface area contributed by atoms with Crippen LogP contribution in [0.2, 0.25) is 0 Å². The van der Waals surface area contributed by atoms with E-state index in [2.05, 4.69) is 12.2 Å². The summed E-state index contributed by atoms with van der Waals surface area (Å²) in [5.74, 6) is 0.816. The molecule has 100 valence electrons. The van der Waals surface area contributed by atoms with Gasteiger partial charge in [0.15, 0.2) is 0 Å². The van der Waals surface area contributed by atoms with Gasteiger partial charge in [-0.3, -0.25) is 4.79 Å². The molecule has 0 spiro atoms. The van der Waals surface area contributed by atoms with Crippen LogP contribution in [0.1, 0.15) is 36.5 Å². The highest BCUT2D eigenvalue weighted by Gasteiger charge is 2.21. The summed E-state index contributed by atoms with van der Waals surface area (Å²) in [6.45, 7) is 6.08. The zero-order chi connectivity index (χ0) is 12.8. The molecular weight excluding hydrogens is 244 g/mol. The molecule has 2 heterocycles. The molecule has 1 fully saturated rings. The van der Waals surface area contributed by atoms with Gasteiger partial charge in [-0.25, -0.2) is 0 Å². The highest BCUT2D eigenvalue weighted by Crippen LogP contribution is 2.15. The average molecular weight is 266 g/mol. The Morgan fingerprint density at radius 1 is 1.61 bits per heavy atom. The number of carbonyl (C=O) groups excluding carboxylic acids is 1. The van der Waals surface area contributed by atoms with E-state index in [-0.39, 0.29) is 5.91 Å². The SMILES string of the molecule is CCCN(CC1CCCNC1)C(=O)c1ccsc1. The Bertz CT molecular complexity index is 358. The summed E-state index contributed by atoms with van der Waals surface area (Å²) in [7, 11) is 0. The Balaban J connectivity index is 1.96. The molecule has 1 aliphatic heterocycles. The molecular formula is C14H22N2OS. The number of piperidine rings is 1. The molecule has 0 bridgehead atoms. The highest BCUT2D eigenvalue weighted by atomic mass is 32.1. The van der Waals surface area contributed by atoms with E-state index in [4.69, 9.17) is 0 Å². The summed E-state index contributed by atoms with van der Waals surface area (Å²) in [4.78, 5) is 14.4. The lowest BCUT2D eigenvalue weighted by molar-refractivity contribution is 0.0719. The molecule has 1 aromatic heterocycles. The summed E-state index contributed by atoms with van der Waals surface area (Å²) in [5.41, 5.74) is 0.845. The molecule has 3 nitrogen and oxygen atoms in total. The standard InChI is InChI=1S/C14H22N2OS/c1-2-7-16(10-12-4-3-6-15-9-12)14(17)13-5-8-18-11-13/h5,8,11-12,15H,2-4,6-7,9-10H2,1H3. The van der Waals surface area contributed by atoms with E-state index in [0.717, 1.165) is 38.2 Å². The van der Waals surface area contributed by atoms with E-state index in [1.165, 1.54) is 12.8 Å². The van der Waals surface area contributed by atoms with Crippen molar-refractivity contribution in [3.63, 3.8) is 0 Å². The largest absolute Gasteiger partial charge is 0.338 e. The van der Waals surface area contributed by atoms with Crippen molar-refractivity contribution in [3.8, 4) is 0 Å². The smallest absolute Gasteiger partial charge is 0.254 e. The second-order valence-corrected chi connectivity index (χ2v) is 5.76. The van der Waals surface area contributed by atoms with Gasteiger partial charge in [0.2, 0.25) is 0 Å². The first kappa shape index (κ1) is 13.6. The van der Waals surface area contributed by atoms with Gasteiger partial charge < -0.3 is 10.2 Å². The van der Waals surface area contributed by atoms with E-state index >= 15 is 0 Å². The third kappa shape index (κ3) is 3.56. The first-order valence-electron chi connectivity index (χ1n) is 6.83. The normalized spacial score (nSPS) is 19.7. The molecule has 1 N–H and O–H groups in total. The van der Waals surface area contributed by atoms with Crippen molar-refractivity contribution >= 4 is 17.2 Å². The topological polar surface area (TPSA) is 32.3 Å². The predicted molar refractivity (Wildman–Crippen MR) is 76.1 cm³/mol. The van der Waals surface area contributed by atoms with Crippen LogP contribution in [0.15, 0.2) is 16.8 Å². The fourth-order valence-electron chi connectivity index (χ4n) is 2.51. The fourth-order valence-corrected chi connectivity index (χ4v) is 3.14. The molecule has 4 heteroatoms. The number of hydrogen-bond donors (Lipinski definition) is 1. The number of hydrogen-bond acceptors (Lipinski definition) is 3. The van der Waals surface area contributed by atoms with Gasteiger partial charge >= 0.3 is 0 Å². The lowest BCUT2D eigenvalue weighted by Gasteiger charge is -2.30. The molecule has 0 aliphatic carbocycles. The van der Waals surface area contributed by atoms with Gasteiger partial charge in [0, 0.05) is 18.5 Å². The van der Waals surface area contributed by atoms with Crippen LogP contribution >= 0.6 is 11.3 Å². The molecule has 1 aromatic rings. The zero-order valence-electron chi connectivity index (χ0n) is 11.0. The molecule has 0 radical (unpaired) electrons. The Morgan fingerprint density at radius 3 is 3.11 bits per heavy atom. The maximum absolute atomic E-state index is 12.4. The number of thiophene rings is 1. The first-order chi connectivity index (χ1) is 8.81. The summed E-state index contributed by atoms with van der Waals surface area (Å²) in [6.07, 6.45) is 3.50.